The van der Waals surface area contributed by atoms with Crippen LogP contribution in [-0.2, 0) is 11.2 Å². The Morgan fingerprint density at radius 1 is 1.03 bits per heavy atom. The molecule has 0 aliphatic carbocycles. The zero-order valence-electron chi connectivity index (χ0n) is 18.5. The van der Waals surface area contributed by atoms with Crippen molar-refractivity contribution in [2.75, 3.05) is 19.1 Å². The lowest BCUT2D eigenvalue weighted by molar-refractivity contribution is 0.0143. The summed E-state index contributed by atoms with van der Waals surface area (Å²) in [5.74, 6) is 0.671. The van der Waals surface area contributed by atoms with Crippen molar-refractivity contribution in [2.45, 2.75) is 31.1 Å². The van der Waals surface area contributed by atoms with E-state index in [0.29, 0.717) is 35.6 Å². The Bertz CT molecular complexity index is 1090. The first-order valence-electron chi connectivity index (χ1n) is 10.7. The fourth-order valence-corrected chi connectivity index (χ4v) is 4.16. The largest absolute Gasteiger partial charge is 0.497 e. The lowest BCUT2D eigenvalue weighted by Crippen LogP contribution is -2.35. The third-order valence-electron chi connectivity index (χ3n) is 5.84. The maximum Gasteiger partial charge on any atom is 0.415 e. The minimum Gasteiger partial charge on any atom is -0.497 e. The lowest BCUT2D eigenvalue weighted by atomic mass is 9.92. The summed E-state index contributed by atoms with van der Waals surface area (Å²) in [6.07, 6.45) is -1.38. The quantitative estimate of drug-likeness (QED) is 0.528. The molecule has 3 aromatic rings. The number of benzene rings is 3. The number of carbonyl (C=O) groups excluding carboxylic acids is 1. The van der Waals surface area contributed by atoms with Crippen LogP contribution in [-0.4, -0.2) is 37.6 Å². The molecule has 0 bridgehead atoms. The number of hydrogen-bond acceptors (Lipinski definition) is 5. The Balaban J connectivity index is 1.70. The number of aliphatic hydroxyl groups excluding tert-OH is 1. The number of nitrogens with zero attached hydrogens (tertiary/aromatic N) is 1. The number of aryl methyl sites for hydroxylation is 1. The van der Waals surface area contributed by atoms with Gasteiger partial charge in [-0.15, -0.1) is 0 Å². The van der Waals surface area contributed by atoms with E-state index >= 15 is 0 Å². The van der Waals surface area contributed by atoms with Crippen molar-refractivity contribution in [3.8, 4) is 11.5 Å². The topological polar surface area (TPSA) is 68.2 Å². The number of rotatable bonds is 8. The fourth-order valence-electron chi connectivity index (χ4n) is 4.16. The molecule has 3 aromatic carbocycles. The number of cyclic esters (lactones) is 1. The van der Waals surface area contributed by atoms with Crippen molar-refractivity contribution in [1.29, 1.82) is 0 Å². The predicted molar refractivity (Wildman–Crippen MR) is 122 cm³/mol. The third-order valence-corrected chi connectivity index (χ3v) is 5.84. The normalized spacial score (nSPS) is 18.7. The van der Waals surface area contributed by atoms with Crippen LogP contribution in [0.1, 0.15) is 23.6 Å². The van der Waals surface area contributed by atoms with Crippen molar-refractivity contribution in [3.63, 3.8) is 0 Å². The highest BCUT2D eigenvalue weighted by Gasteiger charge is 2.48. The number of hydrogen-bond donors (Lipinski definition) is 1. The summed E-state index contributed by atoms with van der Waals surface area (Å²) in [7, 11) is 3.08. The number of methoxy groups -OCH3 is 2. The molecule has 0 aromatic heterocycles. The molecule has 1 heterocycles. The van der Waals surface area contributed by atoms with Gasteiger partial charge < -0.3 is 19.3 Å². The van der Waals surface area contributed by atoms with E-state index in [1.165, 1.54) is 36.3 Å². The van der Waals surface area contributed by atoms with E-state index in [0.717, 1.165) is 5.56 Å². The van der Waals surface area contributed by atoms with Gasteiger partial charge in [-0.05, 0) is 54.8 Å². The Hall–Kier alpha value is -3.58. The molecule has 172 valence electrons. The molecule has 6 nitrogen and oxygen atoms in total. The van der Waals surface area contributed by atoms with Crippen LogP contribution in [0.15, 0.2) is 72.8 Å². The molecular weight excluding hydrogens is 425 g/mol. The molecule has 4 rings (SSSR count). The van der Waals surface area contributed by atoms with Crippen LogP contribution in [0.4, 0.5) is 14.9 Å². The minimum absolute atomic E-state index is 0.397. The molecule has 33 heavy (non-hydrogen) atoms. The second-order valence-electron chi connectivity index (χ2n) is 7.84. The first-order valence-corrected chi connectivity index (χ1v) is 10.7. The van der Waals surface area contributed by atoms with Crippen molar-refractivity contribution >= 4 is 11.8 Å². The maximum absolute atomic E-state index is 13.6. The molecule has 1 aliphatic heterocycles. The van der Waals surface area contributed by atoms with E-state index < -0.39 is 30.2 Å². The predicted octanol–water partition coefficient (Wildman–Crippen LogP) is 4.90. The average Bonchev–Trinajstić information content (AvgIpc) is 3.20. The molecule has 0 spiro atoms. The van der Waals surface area contributed by atoms with Gasteiger partial charge in [-0.3, -0.25) is 4.90 Å². The Labute approximate surface area is 192 Å². The van der Waals surface area contributed by atoms with Gasteiger partial charge >= 0.3 is 6.09 Å². The summed E-state index contributed by atoms with van der Waals surface area (Å²) in [6, 6.07) is 20.0. The van der Waals surface area contributed by atoms with Crippen molar-refractivity contribution in [2.24, 2.45) is 0 Å². The second-order valence-corrected chi connectivity index (χ2v) is 7.84. The van der Waals surface area contributed by atoms with Crippen molar-refractivity contribution < 1.29 is 28.5 Å². The molecule has 0 saturated carbocycles. The Kier molecular flexibility index (Phi) is 6.79. The van der Waals surface area contributed by atoms with Crippen LogP contribution < -0.4 is 14.4 Å². The molecule has 1 fully saturated rings. The van der Waals surface area contributed by atoms with Gasteiger partial charge in [-0.25, -0.2) is 9.18 Å². The highest BCUT2D eigenvalue weighted by molar-refractivity contribution is 5.91. The molecule has 3 atom stereocenters. The van der Waals surface area contributed by atoms with Gasteiger partial charge in [0.05, 0.1) is 20.3 Å². The number of anilines is 1. The zero-order valence-corrected chi connectivity index (χ0v) is 18.5. The third kappa shape index (κ3) is 4.78. The second kappa shape index (κ2) is 9.92. The Morgan fingerprint density at radius 3 is 2.42 bits per heavy atom. The molecule has 1 N–H and O–H groups in total. The smallest absolute Gasteiger partial charge is 0.415 e. The zero-order chi connectivity index (χ0) is 23.4. The fraction of sp³-hybridized carbons (Fsp3) is 0.269. The first-order chi connectivity index (χ1) is 16.0. The van der Waals surface area contributed by atoms with Gasteiger partial charge in [0.1, 0.15) is 23.4 Å². The molecule has 0 radical (unpaired) electrons. The van der Waals surface area contributed by atoms with Gasteiger partial charge in [0.15, 0.2) is 6.10 Å². The average molecular weight is 451 g/mol. The van der Waals surface area contributed by atoms with Crippen molar-refractivity contribution in [1.82, 2.24) is 0 Å². The Morgan fingerprint density at radius 2 is 1.76 bits per heavy atom. The summed E-state index contributed by atoms with van der Waals surface area (Å²) >= 11 is 0. The molecule has 1 saturated heterocycles. The van der Waals surface area contributed by atoms with Crippen LogP contribution >= 0.6 is 0 Å². The van der Waals surface area contributed by atoms with Crippen LogP contribution in [0.25, 0.3) is 0 Å². The van der Waals surface area contributed by atoms with Gasteiger partial charge in [-0.2, -0.15) is 0 Å². The molecular formula is C26H26FNO5. The summed E-state index contributed by atoms with van der Waals surface area (Å²) in [4.78, 5) is 14.4. The highest BCUT2D eigenvalue weighted by atomic mass is 19.1. The van der Waals surface area contributed by atoms with Crippen LogP contribution in [0.3, 0.4) is 0 Å². The van der Waals surface area contributed by atoms with Gasteiger partial charge in [-0.1, -0.05) is 30.3 Å². The van der Waals surface area contributed by atoms with E-state index in [2.05, 4.69) is 0 Å². The summed E-state index contributed by atoms with van der Waals surface area (Å²) < 4.78 is 30.1. The van der Waals surface area contributed by atoms with Gasteiger partial charge in [0.2, 0.25) is 0 Å². The number of aliphatic hydroxyl groups is 1. The van der Waals surface area contributed by atoms with E-state index in [4.69, 9.17) is 14.2 Å². The number of halogens is 1. The minimum atomic E-state index is -0.934. The summed E-state index contributed by atoms with van der Waals surface area (Å²) in [5, 5.41) is 11.1. The van der Waals surface area contributed by atoms with Crippen LogP contribution in [0, 0.1) is 5.82 Å². The summed E-state index contributed by atoms with van der Waals surface area (Å²) in [5.41, 5.74) is 2.19. The molecule has 1 aliphatic rings. The van der Waals surface area contributed by atoms with Crippen LogP contribution in [0.2, 0.25) is 0 Å². The molecule has 1 amide bonds. The van der Waals surface area contributed by atoms with E-state index in [1.807, 2.05) is 30.3 Å². The van der Waals surface area contributed by atoms with E-state index in [-0.39, 0.29) is 0 Å². The maximum atomic E-state index is 13.6. The van der Waals surface area contributed by atoms with E-state index in [9.17, 15) is 14.3 Å². The SMILES string of the molecule is COc1ccc([C@@H]2[C@@H]([C@H](O)CCc3ccccc3)OC(=O)N2c2ccc(F)cc2)c(OC)c1. The monoisotopic (exact) mass is 451 g/mol. The number of ether oxygens (including phenoxy) is 3. The van der Waals surface area contributed by atoms with E-state index in [1.54, 1.807) is 25.3 Å². The first kappa shape index (κ1) is 22.6. The van der Waals surface area contributed by atoms with Crippen LogP contribution in [0.5, 0.6) is 11.5 Å². The highest BCUT2D eigenvalue weighted by Crippen LogP contribution is 2.43. The number of carbonyl (C=O) groups is 1. The van der Waals surface area contributed by atoms with Gasteiger partial charge in [0.25, 0.3) is 0 Å². The van der Waals surface area contributed by atoms with Crippen molar-refractivity contribution in [3.05, 3.63) is 89.7 Å². The number of amides is 1. The summed E-state index contributed by atoms with van der Waals surface area (Å²) in [6.45, 7) is 0. The van der Waals surface area contributed by atoms with Gasteiger partial charge in [0, 0.05) is 17.3 Å². The molecule has 7 heteroatoms. The molecule has 0 unspecified atom stereocenters. The standard InChI is InChI=1S/C26H26FNO5/c1-31-20-13-14-21(23(16-20)32-2)24-25(22(29)15-8-17-6-4-3-5-7-17)33-26(30)28(24)19-11-9-18(27)10-12-19/h3-7,9-14,16,22,24-25,29H,8,15H2,1-2H3/t22-,24-,25-/m1/s1. The lowest BCUT2D eigenvalue weighted by Gasteiger charge is -2.29.